The van der Waals surface area contributed by atoms with E-state index in [0.29, 0.717) is 22.4 Å². The van der Waals surface area contributed by atoms with Gasteiger partial charge in [0.1, 0.15) is 11.4 Å². The standard InChI is InChI=1S/C21H22N8O3/c1-11(14-5-3-4-6-16(14)32-2)23-19-26-17-12(9-15-18(30)27-21(31)25-15)10-22-29(17)20(28-19)24-13-7-8-13/h3-6,9-11,13,30H,7-8H2,1-2H3,(H,23,24,28)(H2,25,27,31)/t11-/m0/s1. The maximum absolute atomic E-state index is 11.5. The predicted octanol–water partition coefficient (Wildman–Crippen LogP) is 0.639. The number of hydrogen-bond donors (Lipinski definition) is 4. The lowest BCUT2D eigenvalue weighted by molar-refractivity contribution is 0.408. The number of benzene rings is 1. The molecule has 1 fully saturated rings. The van der Waals surface area contributed by atoms with Crippen LogP contribution < -0.4 is 26.6 Å². The molecule has 4 aromatic rings. The molecule has 0 aliphatic heterocycles. The Morgan fingerprint density at radius 1 is 1.31 bits per heavy atom. The van der Waals surface area contributed by atoms with Gasteiger partial charge in [0, 0.05) is 10.8 Å². The molecule has 0 radical (unpaired) electrons. The number of anilines is 1. The number of H-pyrrole nitrogens is 2. The van der Waals surface area contributed by atoms with E-state index in [-0.39, 0.29) is 23.7 Å². The van der Waals surface area contributed by atoms with E-state index in [1.165, 1.54) is 0 Å². The van der Waals surface area contributed by atoms with Crippen molar-refractivity contribution < 1.29 is 9.84 Å². The van der Waals surface area contributed by atoms with Gasteiger partial charge in [0.15, 0.2) is 5.65 Å². The topological polar surface area (TPSA) is 146 Å². The van der Waals surface area contributed by atoms with Crippen molar-refractivity contribution in [2.24, 2.45) is 4.99 Å². The average Bonchev–Trinajstić information content (AvgIpc) is 3.42. The quantitative estimate of drug-likeness (QED) is 0.348. The van der Waals surface area contributed by atoms with E-state index < -0.39 is 5.69 Å². The summed E-state index contributed by atoms with van der Waals surface area (Å²) < 4.78 is 7.03. The molecule has 3 aromatic heterocycles. The van der Waals surface area contributed by atoms with Gasteiger partial charge in [0.05, 0.1) is 25.4 Å². The molecule has 0 amide bonds. The van der Waals surface area contributed by atoms with Crippen molar-refractivity contribution in [3.8, 4) is 11.6 Å². The van der Waals surface area contributed by atoms with Gasteiger partial charge in [-0.05, 0) is 31.9 Å². The van der Waals surface area contributed by atoms with Gasteiger partial charge in [-0.3, -0.25) is 4.98 Å². The molecule has 1 aliphatic rings. The summed E-state index contributed by atoms with van der Waals surface area (Å²) in [6.07, 6.45) is 5.22. The van der Waals surface area contributed by atoms with Crippen molar-refractivity contribution in [2.75, 3.05) is 12.4 Å². The molecular weight excluding hydrogens is 412 g/mol. The van der Waals surface area contributed by atoms with Gasteiger partial charge in [-0.25, -0.2) is 9.79 Å². The number of hydrogen-bond acceptors (Lipinski definition) is 8. The highest BCUT2D eigenvalue weighted by molar-refractivity contribution is 5.57. The Hall–Kier alpha value is -4.15. The van der Waals surface area contributed by atoms with Gasteiger partial charge >= 0.3 is 5.69 Å². The minimum absolute atomic E-state index is 0.136. The molecule has 11 nitrogen and oxygen atoms in total. The number of nitrogens with one attached hydrogen (secondary N) is 3. The molecule has 11 heteroatoms. The van der Waals surface area contributed by atoms with Gasteiger partial charge in [-0.2, -0.15) is 19.6 Å². The maximum atomic E-state index is 11.5. The fourth-order valence-corrected chi connectivity index (χ4v) is 3.44. The molecule has 1 saturated carbocycles. The molecule has 0 bridgehead atoms. The summed E-state index contributed by atoms with van der Waals surface area (Å²) in [4.78, 5) is 30.2. The Morgan fingerprint density at radius 2 is 2.12 bits per heavy atom. The summed E-state index contributed by atoms with van der Waals surface area (Å²) in [5.41, 5.74) is 1.64. The normalized spacial score (nSPS) is 15.9. The zero-order chi connectivity index (χ0) is 22.2. The van der Waals surface area contributed by atoms with Crippen molar-refractivity contribution in [3.63, 3.8) is 0 Å². The zero-order valence-electron chi connectivity index (χ0n) is 17.5. The van der Waals surface area contributed by atoms with Crippen LogP contribution in [-0.4, -0.2) is 47.8 Å². The van der Waals surface area contributed by atoms with E-state index in [4.69, 9.17) is 4.74 Å². The van der Waals surface area contributed by atoms with E-state index >= 15 is 0 Å². The van der Waals surface area contributed by atoms with Crippen LogP contribution in [0.5, 0.6) is 11.6 Å². The molecule has 32 heavy (non-hydrogen) atoms. The molecule has 4 N–H and O–H groups in total. The predicted molar refractivity (Wildman–Crippen MR) is 116 cm³/mol. The second kappa shape index (κ2) is 7.84. The third kappa shape index (κ3) is 3.80. The number of aromatic hydroxyl groups is 1. The third-order valence-electron chi connectivity index (χ3n) is 5.21. The number of methoxy groups -OCH3 is 1. The summed E-state index contributed by atoms with van der Waals surface area (Å²) >= 11 is 0. The highest BCUT2D eigenvalue weighted by atomic mass is 16.5. The largest absolute Gasteiger partial charge is 0.496 e. The Bertz CT molecular complexity index is 1460. The number of nitrogens with zero attached hydrogens (tertiary/aromatic N) is 5. The number of aromatic amines is 2. The number of para-hydroxylation sites is 1. The van der Waals surface area contributed by atoms with Gasteiger partial charge in [-0.15, -0.1) is 0 Å². The first kappa shape index (κ1) is 19.8. The molecule has 3 heterocycles. The fourth-order valence-electron chi connectivity index (χ4n) is 3.44. The number of ether oxygens (including phenoxy) is 1. The van der Waals surface area contributed by atoms with Crippen LogP contribution in [0.2, 0.25) is 0 Å². The van der Waals surface area contributed by atoms with Gasteiger partial charge in [-0.1, -0.05) is 18.2 Å². The van der Waals surface area contributed by atoms with E-state index in [1.54, 1.807) is 23.9 Å². The van der Waals surface area contributed by atoms with Crippen LogP contribution in [0.25, 0.3) is 11.7 Å². The number of imidazole rings is 1. The number of fused-ring (bicyclic) bond motifs is 1. The molecule has 1 aromatic carbocycles. The molecule has 1 aliphatic carbocycles. The minimum atomic E-state index is -0.503. The molecule has 5 rings (SSSR count). The number of aromatic nitrogens is 6. The van der Waals surface area contributed by atoms with Crippen molar-refractivity contribution in [3.05, 3.63) is 63.0 Å². The van der Waals surface area contributed by atoms with E-state index in [1.807, 2.05) is 31.2 Å². The first-order chi connectivity index (χ1) is 15.5. The lowest BCUT2D eigenvalue weighted by Crippen LogP contribution is -2.25. The highest BCUT2D eigenvalue weighted by Crippen LogP contribution is 2.26. The molecule has 0 spiro atoms. The van der Waals surface area contributed by atoms with Crippen LogP contribution in [-0.2, 0) is 0 Å². The highest BCUT2D eigenvalue weighted by Gasteiger charge is 2.21. The van der Waals surface area contributed by atoms with E-state index in [2.05, 4.69) is 35.3 Å². The smallest absolute Gasteiger partial charge is 0.326 e. The monoisotopic (exact) mass is 434 g/mol. The summed E-state index contributed by atoms with van der Waals surface area (Å²) in [7, 11) is 1.63. The summed E-state index contributed by atoms with van der Waals surface area (Å²) in [6, 6.07) is 7.84. The minimum Gasteiger partial charge on any atom is -0.496 e. The Balaban J connectivity index is 1.62. The molecule has 0 saturated heterocycles. The number of rotatable bonds is 6. The van der Waals surface area contributed by atoms with Crippen molar-refractivity contribution in [1.82, 2.24) is 29.5 Å². The fraction of sp³-hybridized carbons (Fsp3) is 0.286. The lowest BCUT2D eigenvalue weighted by atomic mass is 10.1. The molecule has 0 unspecified atom stereocenters. The second-order valence-electron chi connectivity index (χ2n) is 7.64. The van der Waals surface area contributed by atoms with E-state index in [0.717, 1.165) is 24.2 Å². The SMILES string of the molecule is COc1ccccc1[C@H](C)Nc1nc(=NC2CC2)n2ncc(=Cc3[nH]c(=O)[nH]c3O)c2n1. The lowest BCUT2D eigenvalue weighted by Gasteiger charge is -2.17. The van der Waals surface area contributed by atoms with Crippen molar-refractivity contribution in [1.29, 1.82) is 0 Å². The molecular formula is C21H22N8O3. The van der Waals surface area contributed by atoms with Crippen LogP contribution in [0.15, 0.2) is 40.2 Å². The summed E-state index contributed by atoms with van der Waals surface area (Å²) in [5.74, 6) is 0.897. The Labute approximate surface area is 181 Å². The van der Waals surface area contributed by atoms with Crippen LogP contribution in [0.3, 0.4) is 0 Å². The van der Waals surface area contributed by atoms with E-state index in [9.17, 15) is 9.90 Å². The van der Waals surface area contributed by atoms with Crippen molar-refractivity contribution in [2.45, 2.75) is 31.8 Å². The van der Waals surface area contributed by atoms with Crippen molar-refractivity contribution >= 4 is 17.7 Å². The van der Waals surface area contributed by atoms with Crippen LogP contribution in [0.1, 0.15) is 37.1 Å². The average molecular weight is 434 g/mol. The maximum Gasteiger partial charge on any atom is 0.326 e. The molecule has 164 valence electrons. The van der Waals surface area contributed by atoms with Crippen LogP contribution in [0, 0.1) is 0 Å². The second-order valence-corrected chi connectivity index (χ2v) is 7.64. The Kier molecular flexibility index (Phi) is 4.85. The summed E-state index contributed by atoms with van der Waals surface area (Å²) in [5, 5.41) is 18.2. The first-order valence-electron chi connectivity index (χ1n) is 10.2. The van der Waals surface area contributed by atoms with Gasteiger partial charge in [0.25, 0.3) is 5.62 Å². The van der Waals surface area contributed by atoms with Gasteiger partial charge < -0.3 is 20.1 Å². The third-order valence-corrected chi connectivity index (χ3v) is 5.21. The van der Waals surface area contributed by atoms with Crippen LogP contribution >= 0.6 is 0 Å². The summed E-state index contributed by atoms with van der Waals surface area (Å²) in [6.45, 7) is 2.00. The molecule has 1 atom stereocenters. The van der Waals surface area contributed by atoms with Crippen LogP contribution in [0.4, 0.5) is 5.95 Å². The first-order valence-corrected chi connectivity index (χ1v) is 10.2. The Morgan fingerprint density at radius 3 is 2.84 bits per heavy atom. The van der Waals surface area contributed by atoms with Gasteiger partial charge in [0.2, 0.25) is 11.8 Å². The zero-order valence-corrected chi connectivity index (χ0v) is 17.5.